The third kappa shape index (κ3) is 3.68. The molecule has 0 spiro atoms. The summed E-state index contributed by atoms with van der Waals surface area (Å²) in [5, 5.41) is 3.41. The maximum Gasteiger partial charge on any atom is 0.338 e. The summed E-state index contributed by atoms with van der Waals surface area (Å²) in [5.41, 5.74) is 2.02. The summed E-state index contributed by atoms with van der Waals surface area (Å²) < 4.78 is 32.3. The van der Waals surface area contributed by atoms with Crippen LogP contribution in [0.1, 0.15) is 25.5 Å². The smallest absolute Gasteiger partial charge is 0.338 e. The van der Waals surface area contributed by atoms with Crippen LogP contribution in [0.5, 0.6) is 0 Å². The van der Waals surface area contributed by atoms with E-state index in [1.807, 2.05) is 30.3 Å². The summed E-state index contributed by atoms with van der Waals surface area (Å²) in [5.74, 6) is -2.49. The number of hydrogen-bond donors (Lipinski definition) is 1. The maximum absolute atomic E-state index is 13.8. The third-order valence-electron chi connectivity index (χ3n) is 4.27. The molecule has 1 heterocycles. The molecule has 1 N–H and O–H groups in total. The van der Waals surface area contributed by atoms with E-state index >= 15 is 0 Å². The predicted octanol–water partition coefficient (Wildman–Crippen LogP) is 4.24. The minimum absolute atomic E-state index is 0.190. The summed E-state index contributed by atoms with van der Waals surface area (Å²) in [4.78, 5) is 14.4. The number of halogens is 2. The zero-order chi connectivity index (χ0) is 19.6. The van der Waals surface area contributed by atoms with Crippen LogP contribution in [0.2, 0.25) is 0 Å². The number of esters is 1. The largest absolute Gasteiger partial charge is 0.463 e. The van der Waals surface area contributed by atoms with Crippen LogP contribution in [0.25, 0.3) is 0 Å². The predicted molar refractivity (Wildman–Crippen MR) is 103 cm³/mol. The van der Waals surface area contributed by atoms with E-state index in [1.165, 1.54) is 6.07 Å². The lowest BCUT2D eigenvalue weighted by Gasteiger charge is -2.37. The topological polar surface area (TPSA) is 41.6 Å². The van der Waals surface area contributed by atoms with Gasteiger partial charge in [-0.15, -0.1) is 0 Å². The summed E-state index contributed by atoms with van der Waals surface area (Å²) in [6.45, 7) is 3.64. The highest BCUT2D eigenvalue weighted by Crippen LogP contribution is 2.34. The molecule has 2 aromatic carbocycles. The lowest BCUT2D eigenvalue weighted by molar-refractivity contribution is -0.139. The second-order valence-corrected chi connectivity index (χ2v) is 6.33. The van der Waals surface area contributed by atoms with Gasteiger partial charge in [0.05, 0.1) is 18.2 Å². The minimum atomic E-state index is -0.994. The van der Waals surface area contributed by atoms with Crippen LogP contribution >= 0.6 is 12.2 Å². The van der Waals surface area contributed by atoms with Gasteiger partial charge in [0.1, 0.15) is 0 Å². The number of allylic oxidation sites excluding steroid dienone is 1. The Morgan fingerprint density at radius 3 is 2.52 bits per heavy atom. The molecule has 4 nitrogen and oxygen atoms in total. The number of para-hydroxylation sites is 1. The number of nitrogens with zero attached hydrogens (tertiary/aromatic N) is 1. The van der Waals surface area contributed by atoms with Gasteiger partial charge in [0.15, 0.2) is 16.7 Å². The van der Waals surface area contributed by atoms with Gasteiger partial charge in [0.2, 0.25) is 0 Å². The van der Waals surface area contributed by atoms with Crippen LogP contribution in [-0.4, -0.2) is 17.7 Å². The van der Waals surface area contributed by atoms with E-state index in [9.17, 15) is 13.6 Å². The molecular formula is C20H18F2N2O2S. The average Bonchev–Trinajstić information content (AvgIpc) is 2.64. The molecule has 0 bridgehead atoms. The zero-order valence-corrected chi connectivity index (χ0v) is 15.6. The highest BCUT2D eigenvalue weighted by molar-refractivity contribution is 7.80. The molecule has 1 atom stereocenters. The minimum Gasteiger partial charge on any atom is -0.463 e. The van der Waals surface area contributed by atoms with Gasteiger partial charge in [0, 0.05) is 11.4 Å². The fraction of sp³-hybridized carbons (Fsp3) is 0.200. The van der Waals surface area contributed by atoms with Crippen LogP contribution in [0, 0.1) is 11.6 Å². The van der Waals surface area contributed by atoms with Crippen molar-refractivity contribution in [2.75, 3.05) is 11.5 Å². The monoisotopic (exact) mass is 388 g/mol. The fourth-order valence-corrected chi connectivity index (χ4v) is 3.41. The van der Waals surface area contributed by atoms with Crippen LogP contribution in [0.15, 0.2) is 59.8 Å². The number of benzene rings is 2. The normalized spacial score (nSPS) is 17.0. The number of anilines is 1. The molecule has 0 saturated heterocycles. The Bertz CT molecular complexity index is 915. The SMILES string of the molecule is CCOC(=O)C1=C(C)N(c2ccccc2)C(=S)N[C@@H]1c1ccc(F)c(F)c1. The molecule has 0 amide bonds. The van der Waals surface area contributed by atoms with Crippen LogP contribution in [0.4, 0.5) is 14.5 Å². The quantitative estimate of drug-likeness (QED) is 0.627. The average molecular weight is 388 g/mol. The van der Waals surface area contributed by atoms with Crippen molar-refractivity contribution >= 4 is 29.0 Å². The number of carbonyl (C=O) groups is 1. The van der Waals surface area contributed by atoms with E-state index in [1.54, 1.807) is 18.7 Å². The first-order valence-electron chi connectivity index (χ1n) is 8.42. The van der Waals surface area contributed by atoms with Gasteiger partial charge < -0.3 is 10.1 Å². The highest BCUT2D eigenvalue weighted by Gasteiger charge is 2.35. The van der Waals surface area contributed by atoms with Crippen molar-refractivity contribution in [2.24, 2.45) is 0 Å². The van der Waals surface area contributed by atoms with Gasteiger partial charge in [0.25, 0.3) is 0 Å². The Labute approximate surface area is 161 Å². The van der Waals surface area contributed by atoms with Crippen molar-refractivity contribution in [1.82, 2.24) is 5.32 Å². The molecule has 3 rings (SSSR count). The molecule has 0 aliphatic carbocycles. The lowest BCUT2D eigenvalue weighted by atomic mass is 9.94. The molecule has 2 aromatic rings. The van der Waals surface area contributed by atoms with Crippen molar-refractivity contribution in [1.29, 1.82) is 0 Å². The molecular weight excluding hydrogens is 370 g/mol. The maximum atomic E-state index is 13.8. The Kier molecular flexibility index (Phi) is 5.51. The van der Waals surface area contributed by atoms with Crippen molar-refractivity contribution in [2.45, 2.75) is 19.9 Å². The molecule has 0 fully saturated rings. The van der Waals surface area contributed by atoms with Gasteiger partial charge in [-0.3, -0.25) is 4.90 Å². The van der Waals surface area contributed by atoms with Gasteiger partial charge in [-0.2, -0.15) is 0 Å². The number of rotatable bonds is 4. The summed E-state index contributed by atoms with van der Waals surface area (Å²) in [6, 6.07) is 12.1. The number of nitrogens with one attached hydrogen (secondary N) is 1. The van der Waals surface area contributed by atoms with E-state index in [-0.39, 0.29) is 6.61 Å². The van der Waals surface area contributed by atoms with E-state index < -0.39 is 23.6 Å². The summed E-state index contributed by atoms with van der Waals surface area (Å²) in [6.07, 6.45) is 0. The second-order valence-electron chi connectivity index (χ2n) is 5.95. The summed E-state index contributed by atoms with van der Waals surface area (Å²) >= 11 is 5.49. The van der Waals surface area contributed by atoms with E-state index in [4.69, 9.17) is 17.0 Å². The number of ether oxygens (including phenoxy) is 1. The van der Waals surface area contributed by atoms with Gasteiger partial charge >= 0.3 is 5.97 Å². The first kappa shape index (κ1) is 19.0. The Morgan fingerprint density at radius 2 is 1.89 bits per heavy atom. The second kappa shape index (κ2) is 7.84. The van der Waals surface area contributed by atoms with Gasteiger partial charge in [-0.05, 0) is 55.9 Å². The molecule has 0 saturated carbocycles. The number of hydrogen-bond acceptors (Lipinski definition) is 3. The molecule has 0 radical (unpaired) electrons. The Balaban J connectivity index is 2.14. The molecule has 1 aliphatic heterocycles. The molecule has 0 unspecified atom stereocenters. The highest BCUT2D eigenvalue weighted by atomic mass is 32.1. The number of thiocarbonyl (C=S) groups is 1. The van der Waals surface area contributed by atoms with Gasteiger partial charge in [-0.25, -0.2) is 13.6 Å². The fourth-order valence-electron chi connectivity index (χ4n) is 3.05. The standard InChI is InChI=1S/C20H18F2N2O2S/c1-3-26-19(25)17-12(2)24(14-7-5-4-6-8-14)20(27)23-18(17)13-9-10-15(21)16(22)11-13/h4-11,18H,3H2,1-2H3,(H,23,27)/t18-/m1/s1. The van der Waals surface area contributed by atoms with Crippen molar-refractivity contribution < 1.29 is 18.3 Å². The van der Waals surface area contributed by atoms with E-state index in [0.29, 0.717) is 21.9 Å². The van der Waals surface area contributed by atoms with E-state index in [2.05, 4.69) is 5.32 Å². The van der Waals surface area contributed by atoms with Crippen LogP contribution < -0.4 is 10.2 Å². The molecule has 7 heteroatoms. The molecule has 0 aromatic heterocycles. The van der Waals surface area contributed by atoms with Crippen molar-refractivity contribution in [3.05, 3.63) is 77.0 Å². The first-order valence-corrected chi connectivity index (χ1v) is 8.83. The van der Waals surface area contributed by atoms with Crippen LogP contribution in [-0.2, 0) is 9.53 Å². The molecule has 140 valence electrons. The summed E-state index contributed by atoms with van der Waals surface area (Å²) in [7, 11) is 0. The number of carbonyl (C=O) groups excluding carboxylic acids is 1. The van der Waals surface area contributed by atoms with Crippen LogP contribution in [0.3, 0.4) is 0 Å². The molecule has 27 heavy (non-hydrogen) atoms. The zero-order valence-electron chi connectivity index (χ0n) is 14.8. The van der Waals surface area contributed by atoms with Gasteiger partial charge in [-0.1, -0.05) is 24.3 Å². The Morgan fingerprint density at radius 1 is 1.19 bits per heavy atom. The van der Waals surface area contributed by atoms with E-state index in [0.717, 1.165) is 17.8 Å². The Hall–Kier alpha value is -2.80. The third-order valence-corrected chi connectivity index (χ3v) is 4.57. The van der Waals surface area contributed by atoms with Crippen molar-refractivity contribution in [3.63, 3.8) is 0 Å². The van der Waals surface area contributed by atoms with Crippen molar-refractivity contribution in [3.8, 4) is 0 Å². The first-order chi connectivity index (χ1) is 12.9. The lowest BCUT2D eigenvalue weighted by Crippen LogP contribution is -2.48. The molecule has 1 aliphatic rings.